The van der Waals surface area contributed by atoms with Gasteiger partial charge in [-0.3, -0.25) is 5.32 Å². The van der Waals surface area contributed by atoms with Gasteiger partial charge < -0.3 is 15.2 Å². The molecular weight excluding hydrogens is 394 g/mol. The second-order valence-electron chi connectivity index (χ2n) is 6.86. The van der Waals surface area contributed by atoms with E-state index in [4.69, 9.17) is 9.84 Å². The van der Waals surface area contributed by atoms with Crippen LogP contribution in [0.3, 0.4) is 0 Å². The summed E-state index contributed by atoms with van der Waals surface area (Å²) >= 11 is 0. The number of nitrogens with one attached hydrogen (secondary N) is 2. The maximum absolute atomic E-state index is 11.1. The number of rotatable bonds is 6. The van der Waals surface area contributed by atoms with Crippen molar-refractivity contribution >= 4 is 28.7 Å². The number of fused-ring (bicyclic) bond motifs is 1. The van der Waals surface area contributed by atoms with Gasteiger partial charge in [-0.25, -0.2) is 9.31 Å². The third kappa shape index (κ3) is 4.26. The second-order valence-corrected chi connectivity index (χ2v) is 6.86. The van der Waals surface area contributed by atoms with E-state index in [1.807, 2.05) is 54.6 Å². The average molecular weight is 413 g/mol. The van der Waals surface area contributed by atoms with Crippen molar-refractivity contribution in [1.29, 1.82) is 5.26 Å². The van der Waals surface area contributed by atoms with Crippen molar-refractivity contribution in [3.05, 3.63) is 83.7 Å². The first-order valence-electron chi connectivity index (χ1n) is 9.50. The second kappa shape index (κ2) is 8.47. The monoisotopic (exact) mass is 413 g/mol. The molecule has 0 aliphatic heterocycles. The largest absolute Gasteiger partial charge is 0.489 e. The highest BCUT2D eigenvalue weighted by atomic mass is 16.5. The first kappa shape index (κ1) is 19.8. The van der Waals surface area contributed by atoms with E-state index in [0.717, 1.165) is 17.0 Å². The zero-order chi connectivity index (χ0) is 21.8. The molecule has 8 nitrogen and oxygen atoms in total. The number of amides is 1. The van der Waals surface area contributed by atoms with Gasteiger partial charge in [0, 0.05) is 11.3 Å². The molecule has 0 atom stereocenters. The molecule has 0 radical (unpaired) electrons. The number of aryl methyl sites for hydroxylation is 1. The van der Waals surface area contributed by atoms with Gasteiger partial charge in [0.1, 0.15) is 18.4 Å². The van der Waals surface area contributed by atoms with Gasteiger partial charge in [-0.2, -0.15) is 10.4 Å². The molecule has 2 aromatic heterocycles. The Morgan fingerprint density at radius 2 is 1.94 bits per heavy atom. The van der Waals surface area contributed by atoms with E-state index in [0.29, 0.717) is 34.6 Å². The van der Waals surface area contributed by atoms with Crippen molar-refractivity contribution < 1.29 is 14.6 Å². The SMILES string of the molecule is Cc1c(NC(=O)O)cn2ncc(C#N)c(Nc3ccc(OCc4ccccc4)cc3)c12. The van der Waals surface area contributed by atoms with Gasteiger partial charge in [-0.05, 0) is 36.8 Å². The molecule has 154 valence electrons. The summed E-state index contributed by atoms with van der Waals surface area (Å²) < 4.78 is 7.36. The van der Waals surface area contributed by atoms with Gasteiger partial charge in [-0.15, -0.1) is 0 Å². The van der Waals surface area contributed by atoms with Crippen LogP contribution in [0.15, 0.2) is 67.0 Å². The third-order valence-electron chi connectivity index (χ3n) is 4.79. The molecular formula is C23H19N5O3. The molecule has 0 saturated carbocycles. The first-order valence-corrected chi connectivity index (χ1v) is 9.50. The number of aromatic nitrogens is 2. The number of hydrogen-bond acceptors (Lipinski definition) is 5. The lowest BCUT2D eigenvalue weighted by molar-refractivity contribution is 0.209. The predicted octanol–water partition coefficient (Wildman–Crippen LogP) is 4.93. The maximum Gasteiger partial charge on any atom is 0.409 e. The summed E-state index contributed by atoms with van der Waals surface area (Å²) in [5.74, 6) is 0.724. The molecule has 2 aromatic carbocycles. The lowest BCUT2D eigenvalue weighted by atomic mass is 10.1. The predicted molar refractivity (Wildman–Crippen MR) is 117 cm³/mol. The van der Waals surface area contributed by atoms with Gasteiger partial charge in [0.15, 0.2) is 0 Å². The normalized spacial score (nSPS) is 10.5. The van der Waals surface area contributed by atoms with Crippen molar-refractivity contribution in [2.45, 2.75) is 13.5 Å². The number of hydrogen-bond donors (Lipinski definition) is 3. The summed E-state index contributed by atoms with van der Waals surface area (Å²) in [7, 11) is 0. The van der Waals surface area contributed by atoms with Crippen LogP contribution in [0.25, 0.3) is 5.52 Å². The van der Waals surface area contributed by atoms with E-state index in [2.05, 4.69) is 21.8 Å². The van der Waals surface area contributed by atoms with Gasteiger partial charge >= 0.3 is 6.09 Å². The first-order chi connectivity index (χ1) is 15.0. The number of benzene rings is 2. The molecule has 4 rings (SSSR count). The summed E-state index contributed by atoms with van der Waals surface area (Å²) in [5, 5.41) is 28.4. The summed E-state index contributed by atoms with van der Waals surface area (Å²) in [6, 6.07) is 19.4. The van der Waals surface area contributed by atoms with Crippen molar-refractivity contribution in [2.75, 3.05) is 10.6 Å². The van der Waals surface area contributed by atoms with Crippen LogP contribution in [0.2, 0.25) is 0 Å². The van der Waals surface area contributed by atoms with Crippen molar-refractivity contribution in [1.82, 2.24) is 9.61 Å². The summed E-state index contributed by atoms with van der Waals surface area (Å²) in [4.78, 5) is 11.1. The number of carboxylic acid groups (broad SMARTS) is 1. The molecule has 0 unspecified atom stereocenters. The minimum absolute atomic E-state index is 0.347. The topological polar surface area (TPSA) is 112 Å². The summed E-state index contributed by atoms with van der Waals surface area (Å²) in [5.41, 5.74) is 4.42. The van der Waals surface area contributed by atoms with E-state index < -0.39 is 6.09 Å². The van der Waals surface area contributed by atoms with Crippen LogP contribution >= 0.6 is 0 Å². The standard InChI is InChI=1S/C23H19N5O3/c1-15-20(27-23(29)30)13-28-22(15)21(17(11-24)12-25-28)26-18-7-9-19(10-8-18)31-14-16-5-3-2-4-6-16/h2-10,12-13,26-27H,14H2,1H3,(H,29,30). The molecule has 0 saturated heterocycles. The van der Waals surface area contributed by atoms with Crippen LogP contribution in [0.4, 0.5) is 21.9 Å². The number of anilines is 3. The van der Waals surface area contributed by atoms with Gasteiger partial charge in [0.25, 0.3) is 0 Å². The minimum Gasteiger partial charge on any atom is -0.489 e. The quantitative estimate of drug-likeness (QED) is 0.413. The van der Waals surface area contributed by atoms with Gasteiger partial charge in [-0.1, -0.05) is 30.3 Å². The molecule has 2 heterocycles. The molecule has 8 heteroatoms. The molecule has 1 amide bonds. The molecule has 0 aliphatic rings. The molecule has 3 N–H and O–H groups in total. The Bertz CT molecular complexity index is 1270. The highest BCUT2D eigenvalue weighted by Crippen LogP contribution is 2.32. The Balaban J connectivity index is 1.59. The van der Waals surface area contributed by atoms with Crippen LogP contribution in [0.5, 0.6) is 5.75 Å². The van der Waals surface area contributed by atoms with E-state index in [-0.39, 0.29) is 0 Å². The molecule has 4 aromatic rings. The summed E-state index contributed by atoms with van der Waals surface area (Å²) in [6.45, 7) is 2.25. The number of nitrogens with zero attached hydrogens (tertiary/aromatic N) is 3. The van der Waals surface area contributed by atoms with E-state index >= 15 is 0 Å². The lowest BCUT2D eigenvalue weighted by Crippen LogP contribution is -2.07. The van der Waals surface area contributed by atoms with Gasteiger partial charge in [0.2, 0.25) is 0 Å². The Kier molecular flexibility index (Phi) is 5.41. The van der Waals surface area contributed by atoms with Crippen LogP contribution < -0.4 is 15.4 Å². The number of carbonyl (C=O) groups is 1. The fourth-order valence-electron chi connectivity index (χ4n) is 3.26. The van der Waals surface area contributed by atoms with E-state index in [1.165, 1.54) is 6.20 Å². The highest BCUT2D eigenvalue weighted by Gasteiger charge is 2.17. The smallest absolute Gasteiger partial charge is 0.409 e. The maximum atomic E-state index is 11.1. The fourth-order valence-corrected chi connectivity index (χ4v) is 3.26. The Labute approximate surface area is 178 Å². The van der Waals surface area contributed by atoms with Crippen LogP contribution in [-0.2, 0) is 6.61 Å². The molecule has 0 aliphatic carbocycles. The highest BCUT2D eigenvalue weighted by molar-refractivity contribution is 5.92. The Morgan fingerprint density at radius 3 is 2.61 bits per heavy atom. The zero-order valence-corrected chi connectivity index (χ0v) is 16.7. The van der Waals surface area contributed by atoms with Gasteiger partial charge in [0.05, 0.1) is 34.8 Å². The zero-order valence-electron chi connectivity index (χ0n) is 16.7. The van der Waals surface area contributed by atoms with Crippen LogP contribution in [0.1, 0.15) is 16.7 Å². The van der Waals surface area contributed by atoms with E-state index in [1.54, 1.807) is 17.6 Å². The third-order valence-corrected chi connectivity index (χ3v) is 4.79. The fraction of sp³-hybridized carbons (Fsp3) is 0.0870. The van der Waals surface area contributed by atoms with Crippen LogP contribution in [-0.4, -0.2) is 20.8 Å². The van der Waals surface area contributed by atoms with Crippen molar-refractivity contribution in [3.8, 4) is 11.8 Å². The van der Waals surface area contributed by atoms with Crippen LogP contribution in [0, 0.1) is 18.3 Å². The lowest BCUT2D eigenvalue weighted by Gasteiger charge is -2.12. The Morgan fingerprint density at radius 1 is 1.19 bits per heavy atom. The molecule has 0 spiro atoms. The van der Waals surface area contributed by atoms with E-state index in [9.17, 15) is 10.1 Å². The summed E-state index contributed by atoms with van der Waals surface area (Å²) in [6.07, 6.45) is 1.85. The minimum atomic E-state index is -1.17. The Hall–Kier alpha value is -4.51. The number of nitriles is 1. The molecule has 0 fully saturated rings. The average Bonchev–Trinajstić information content (AvgIpc) is 3.09. The van der Waals surface area contributed by atoms with Crippen molar-refractivity contribution in [3.63, 3.8) is 0 Å². The molecule has 31 heavy (non-hydrogen) atoms. The number of ether oxygens (including phenoxy) is 1. The van der Waals surface area contributed by atoms with Crippen molar-refractivity contribution in [2.24, 2.45) is 0 Å². The molecule has 0 bridgehead atoms.